The molecule has 2 amide bonds. The van der Waals surface area contributed by atoms with Crippen LogP contribution in [0.2, 0.25) is 0 Å². The monoisotopic (exact) mass is 339 g/mol. The van der Waals surface area contributed by atoms with Gasteiger partial charge in [0.15, 0.2) is 11.5 Å². The minimum absolute atomic E-state index is 0.193. The highest BCUT2D eigenvalue weighted by Crippen LogP contribution is 2.40. The number of likely N-dealkylation sites (tertiary alicyclic amines) is 1. The molecule has 1 N–H and O–H groups in total. The van der Waals surface area contributed by atoms with E-state index in [1.54, 1.807) is 19.0 Å². The fraction of sp³-hybridized carbons (Fsp3) is 0.733. The van der Waals surface area contributed by atoms with Crippen LogP contribution in [-0.4, -0.2) is 49.3 Å². The van der Waals surface area contributed by atoms with Gasteiger partial charge in [0.05, 0.1) is 6.54 Å². The lowest BCUT2D eigenvalue weighted by molar-refractivity contribution is -0.138. The number of carbonyl (C=O) groups excluding carboxylic acids is 2. The standard InChI is InChI=1S/C15H22FN5O3/c1-19-11(18-20(2)14(19)24)9-21-8-4-3-5-10(12(21)22)17-13(23)15(16)6-7-15/h10H,3-9H2,1-2H3,(H,17,23). The summed E-state index contributed by atoms with van der Waals surface area (Å²) in [6.07, 6.45) is 2.50. The van der Waals surface area contributed by atoms with Crippen LogP contribution < -0.4 is 11.0 Å². The van der Waals surface area contributed by atoms with Gasteiger partial charge in [-0.15, -0.1) is 0 Å². The largest absolute Gasteiger partial charge is 0.345 e. The Morgan fingerprint density at radius 2 is 2.04 bits per heavy atom. The van der Waals surface area contributed by atoms with Gasteiger partial charge in [-0.25, -0.2) is 13.9 Å². The molecule has 2 aliphatic rings. The van der Waals surface area contributed by atoms with E-state index in [-0.39, 0.29) is 31.0 Å². The average Bonchev–Trinajstić information content (AvgIpc) is 3.28. The van der Waals surface area contributed by atoms with Crippen molar-refractivity contribution in [3.8, 4) is 0 Å². The Morgan fingerprint density at radius 3 is 2.62 bits per heavy atom. The van der Waals surface area contributed by atoms with Crippen molar-refractivity contribution in [2.24, 2.45) is 14.1 Å². The van der Waals surface area contributed by atoms with E-state index in [9.17, 15) is 18.8 Å². The fourth-order valence-electron chi connectivity index (χ4n) is 2.94. The topological polar surface area (TPSA) is 89.2 Å². The summed E-state index contributed by atoms with van der Waals surface area (Å²) < 4.78 is 16.4. The van der Waals surface area contributed by atoms with Crippen molar-refractivity contribution in [1.82, 2.24) is 24.6 Å². The highest BCUT2D eigenvalue weighted by atomic mass is 19.1. The first-order valence-electron chi connectivity index (χ1n) is 8.19. The third-order valence-corrected chi connectivity index (χ3v) is 4.73. The lowest BCUT2D eigenvalue weighted by Gasteiger charge is -2.24. The molecule has 8 nitrogen and oxygen atoms in total. The van der Waals surface area contributed by atoms with E-state index in [2.05, 4.69) is 10.4 Å². The Kier molecular flexibility index (Phi) is 4.18. The Labute approximate surface area is 138 Å². The molecule has 3 rings (SSSR count). The van der Waals surface area contributed by atoms with Gasteiger partial charge in [0.25, 0.3) is 5.91 Å². The third-order valence-electron chi connectivity index (χ3n) is 4.73. The first-order valence-corrected chi connectivity index (χ1v) is 8.19. The van der Waals surface area contributed by atoms with Crippen molar-refractivity contribution in [2.45, 2.75) is 50.4 Å². The molecule has 24 heavy (non-hydrogen) atoms. The molecule has 2 heterocycles. The summed E-state index contributed by atoms with van der Waals surface area (Å²) in [7, 11) is 3.15. The molecule has 1 unspecified atom stereocenters. The van der Waals surface area contributed by atoms with Crippen molar-refractivity contribution in [3.05, 3.63) is 16.3 Å². The molecule has 1 aliphatic heterocycles. The Hall–Kier alpha value is -2.19. The van der Waals surface area contributed by atoms with E-state index in [0.717, 1.165) is 12.8 Å². The molecule has 9 heteroatoms. The summed E-state index contributed by atoms with van der Waals surface area (Å²) >= 11 is 0. The van der Waals surface area contributed by atoms with Gasteiger partial charge in [-0.3, -0.25) is 14.2 Å². The van der Waals surface area contributed by atoms with Gasteiger partial charge in [0.1, 0.15) is 6.04 Å². The predicted octanol–water partition coefficient (Wildman–Crippen LogP) is -0.382. The molecule has 1 aliphatic carbocycles. The number of aromatic nitrogens is 3. The van der Waals surface area contributed by atoms with Gasteiger partial charge in [-0.1, -0.05) is 0 Å². The number of nitrogens with one attached hydrogen (secondary N) is 1. The number of nitrogens with zero attached hydrogens (tertiary/aromatic N) is 4. The fourth-order valence-corrected chi connectivity index (χ4v) is 2.94. The summed E-state index contributed by atoms with van der Waals surface area (Å²) in [6, 6.07) is -0.714. The molecule has 0 aromatic carbocycles. The minimum Gasteiger partial charge on any atom is -0.342 e. The van der Waals surface area contributed by atoms with E-state index < -0.39 is 17.6 Å². The maximum Gasteiger partial charge on any atom is 0.345 e. The van der Waals surface area contributed by atoms with Crippen molar-refractivity contribution >= 4 is 11.8 Å². The van der Waals surface area contributed by atoms with Crippen LogP contribution in [-0.2, 0) is 30.2 Å². The first kappa shape index (κ1) is 16.7. The van der Waals surface area contributed by atoms with E-state index in [4.69, 9.17) is 0 Å². The second kappa shape index (κ2) is 6.03. The van der Waals surface area contributed by atoms with Gasteiger partial charge in [0, 0.05) is 20.6 Å². The molecule has 2 fully saturated rings. The van der Waals surface area contributed by atoms with E-state index in [1.807, 2.05) is 0 Å². The summed E-state index contributed by atoms with van der Waals surface area (Å²) in [6.45, 7) is 0.718. The molecule has 1 atom stereocenters. The molecular formula is C15H22FN5O3. The molecule has 0 bridgehead atoms. The lowest BCUT2D eigenvalue weighted by atomic mass is 10.1. The van der Waals surface area contributed by atoms with Crippen molar-refractivity contribution < 1.29 is 14.0 Å². The summed E-state index contributed by atoms with van der Waals surface area (Å²) in [5, 5.41) is 6.69. The molecule has 1 aromatic heterocycles. The van der Waals surface area contributed by atoms with Gasteiger partial charge in [0.2, 0.25) is 5.91 Å². The van der Waals surface area contributed by atoms with Gasteiger partial charge < -0.3 is 10.2 Å². The Balaban J connectivity index is 1.72. The number of rotatable bonds is 4. The van der Waals surface area contributed by atoms with Crippen molar-refractivity contribution in [2.75, 3.05) is 6.54 Å². The van der Waals surface area contributed by atoms with E-state index >= 15 is 0 Å². The van der Waals surface area contributed by atoms with Gasteiger partial charge in [-0.05, 0) is 32.1 Å². The van der Waals surface area contributed by atoms with Crippen LogP contribution in [0.1, 0.15) is 37.9 Å². The van der Waals surface area contributed by atoms with Crippen LogP contribution in [0.25, 0.3) is 0 Å². The highest BCUT2D eigenvalue weighted by Gasteiger charge is 2.51. The maximum absolute atomic E-state index is 13.8. The second-order valence-corrected chi connectivity index (χ2v) is 6.63. The van der Waals surface area contributed by atoms with Crippen LogP contribution in [0.5, 0.6) is 0 Å². The maximum atomic E-state index is 13.8. The number of aryl methyl sites for hydroxylation is 1. The van der Waals surface area contributed by atoms with Crippen LogP contribution in [0.4, 0.5) is 4.39 Å². The minimum atomic E-state index is -1.79. The molecule has 1 saturated heterocycles. The number of hydrogen-bond donors (Lipinski definition) is 1. The SMILES string of the molecule is Cn1nc(CN2CCCCC(NC(=O)C3(F)CC3)C2=O)n(C)c1=O. The van der Waals surface area contributed by atoms with Crippen LogP contribution in [0.15, 0.2) is 4.79 Å². The summed E-state index contributed by atoms with van der Waals surface area (Å²) in [4.78, 5) is 38.0. The third kappa shape index (κ3) is 3.07. The highest BCUT2D eigenvalue weighted by molar-refractivity contribution is 5.93. The van der Waals surface area contributed by atoms with E-state index in [0.29, 0.717) is 18.8 Å². The zero-order chi connectivity index (χ0) is 17.5. The number of carbonyl (C=O) groups is 2. The smallest absolute Gasteiger partial charge is 0.342 e. The van der Waals surface area contributed by atoms with Crippen LogP contribution in [0, 0.1) is 0 Å². The summed E-state index contributed by atoms with van der Waals surface area (Å²) in [5.41, 5.74) is -2.05. The molecule has 0 spiro atoms. The zero-order valence-electron chi connectivity index (χ0n) is 13.9. The molecule has 0 radical (unpaired) electrons. The number of hydrogen-bond acceptors (Lipinski definition) is 4. The molecule has 1 aromatic rings. The van der Waals surface area contributed by atoms with Crippen molar-refractivity contribution in [1.29, 1.82) is 0 Å². The molecular weight excluding hydrogens is 317 g/mol. The zero-order valence-corrected chi connectivity index (χ0v) is 13.9. The van der Waals surface area contributed by atoms with Crippen molar-refractivity contribution in [3.63, 3.8) is 0 Å². The van der Waals surface area contributed by atoms with Gasteiger partial charge >= 0.3 is 5.69 Å². The second-order valence-electron chi connectivity index (χ2n) is 6.63. The number of alkyl halides is 1. The first-order chi connectivity index (χ1) is 11.3. The van der Waals surface area contributed by atoms with E-state index in [1.165, 1.54) is 9.25 Å². The normalized spacial score (nSPS) is 23.0. The lowest BCUT2D eigenvalue weighted by Crippen LogP contribution is -2.49. The van der Waals surface area contributed by atoms with Crippen LogP contribution in [0.3, 0.4) is 0 Å². The predicted molar refractivity (Wildman–Crippen MR) is 82.7 cm³/mol. The molecule has 132 valence electrons. The summed E-state index contributed by atoms with van der Waals surface area (Å²) in [5.74, 6) is -0.455. The Morgan fingerprint density at radius 1 is 1.33 bits per heavy atom. The van der Waals surface area contributed by atoms with Gasteiger partial charge in [-0.2, -0.15) is 5.10 Å². The average molecular weight is 339 g/mol. The number of halogens is 1. The molecule has 1 saturated carbocycles. The number of amides is 2. The van der Waals surface area contributed by atoms with Crippen LogP contribution >= 0.6 is 0 Å². The Bertz CT molecular complexity index is 721. The quantitative estimate of drug-likeness (QED) is 0.810.